The van der Waals surface area contributed by atoms with Crippen molar-refractivity contribution >= 4 is 5.97 Å². The lowest BCUT2D eigenvalue weighted by atomic mass is 9.95. The molecule has 8 nitrogen and oxygen atoms in total. The molecule has 2 N–H and O–H groups in total. The smallest absolute Gasteiger partial charge is 0.459 e. The minimum absolute atomic E-state index is 0.0622. The number of fused-ring (bicyclic) bond motifs is 1. The molecule has 2 aromatic carbocycles. The van der Waals surface area contributed by atoms with Gasteiger partial charge >= 0.3 is 18.1 Å². The SMILES string of the molecule is CCCCc1nc(C(F)(F)C(F)(F)F)c(C(=O)O)n1C1CCc2cc(-c3ccccc3-c3nn[nH]n3)ccc21. The number of alkyl halides is 5. The van der Waals surface area contributed by atoms with Gasteiger partial charge in [-0.05, 0) is 46.7 Å². The van der Waals surface area contributed by atoms with Crippen molar-refractivity contribution in [1.82, 2.24) is 30.2 Å². The first-order valence-electron chi connectivity index (χ1n) is 12.3. The van der Waals surface area contributed by atoms with Crippen LogP contribution in [0.1, 0.15) is 65.4 Å². The van der Waals surface area contributed by atoms with Crippen LogP contribution in [0.4, 0.5) is 22.0 Å². The number of imidazole rings is 1. The Labute approximate surface area is 218 Å². The number of unbranched alkanes of at least 4 members (excludes halogenated alkanes) is 1. The van der Waals surface area contributed by atoms with E-state index in [-0.39, 0.29) is 12.2 Å². The van der Waals surface area contributed by atoms with E-state index in [4.69, 9.17) is 0 Å². The number of tetrazole rings is 1. The van der Waals surface area contributed by atoms with Crippen LogP contribution in [0.15, 0.2) is 42.5 Å². The highest BCUT2D eigenvalue weighted by Crippen LogP contribution is 2.47. The molecule has 1 aliphatic rings. The van der Waals surface area contributed by atoms with Crippen molar-refractivity contribution in [2.45, 2.75) is 57.2 Å². The average molecular weight is 547 g/mol. The number of hydrogen-bond donors (Lipinski definition) is 2. The molecule has 0 amide bonds. The van der Waals surface area contributed by atoms with Crippen molar-refractivity contribution in [3.8, 4) is 22.5 Å². The molecule has 0 saturated carbocycles. The maximum Gasteiger partial charge on any atom is 0.459 e. The highest BCUT2D eigenvalue weighted by atomic mass is 19.4. The summed E-state index contributed by atoms with van der Waals surface area (Å²) in [5, 5.41) is 24.0. The molecule has 4 aromatic rings. The number of carboxylic acid groups (broad SMARTS) is 1. The first-order chi connectivity index (χ1) is 18.5. The van der Waals surface area contributed by atoms with Crippen LogP contribution in [0.2, 0.25) is 0 Å². The summed E-state index contributed by atoms with van der Waals surface area (Å²) in [4.78, 5) is 15.8. The van der Waals surface area contributed by atoms with E-state index in [1.54, 1.807) is 12.1 Å². The fourth-order valence-corrected chi connectivity index (χ4v) is 5.12. The zero-order chi connectivity index (χ0) is 27.9. The Morgan fingerprint density at radius 2 is 1.87 bits per heavy atom. The number of halogens is 5. The molecular formula is C26H23F5N6O2. The van der Waals surface area contributed by atoms with Crippen molar-refractivity contribution in [2.75, 3.05) is 0 Å². The molecule has 1 atom stereocenters. The van der Waals surface area contributed by atoms with Gasteiger partial charge < -0.3 is 9.67 Å². The van der Waals surface area contributed by atoms with E-state index < -0.39 is 35.5 Å². The predicted molar refractivity (Wildman–Crippen MR) is 129 cm³/mol. The van der Waals surface area contributed by atoms with E-state index >= 15 is 0 Å². The van der Waals surface area contributed by atoms with Crippen LogP contribution in [-0.4, -0.2) is 47.4 Å². The highest BCUT2D eigenvalue weighted by molar-refractivity contribution is 5.88. The second-order valence-corrected chi connectivity index (χ2v) is 9.33. The van der Waals surface area contributed by atoms with Gasteiger partial charge in [0.25, 0.3) is 0 Å². The van der Waals surface area contributed by atoms with Crippen LogP contribution in [0.3, 0.4) is 0 Å². The van der Waals surface area contributed by atoms with Crippen LogP contribution in [-0.2, 0) is 18.8 Å². The highest BCUT2D eigenvalue weighted by Gasteiger charge is 2.62. The van der Waals surface area contributed by atoms with Crippen molar-refractivity contribution in [1.29, 1.82) is 0 Å². The largest absolute Gasteiger partial charge is 0.477 e. The number of carboxylic acids is 1. The minimum atomic E-state index is -5.99. The zero-order valence-corrected chi connectivity index (χ0v) is 20.6. The number of aromatic carboxylic acids is 1. The molecule has 39 heavy (non-hydrogen) atoms. The molecule has 204 valence electrons. The Kier molecular flexibility index (Phi) is 6.69. The van der Waals surface area contributed by atoms with E-state index in [2.05, 4.69) is 25.6 Å². The van der Waals surface area contributed by atoms with Crippen molar-refractivity contribution in [3.63, 3.8) is 0 Å². The standard InChI is InChI=1S/C26H23F5N6O2/c1-2-3-8-20-32-22(25(27,28)26(29,30)31)21(24(38)39)37(20)19-12-10-15-13-14(9-11-17(15)19)16-6-4-5-7-18(16)23-33-35-36-34-23/h4-7,9,11,13,19H,2-3,8,10,12H2,1H3,(H,38,39)(H,33,34,35,36). The fourth-order valence-electron chi connectivity index (χ4n) is 5.12. The first kappa shape index (κ1) is 26.4. The van der Waals surface area contributed by atoms with E-state index in [1.807, 2.05) is 37.3 Å². The number of carbonyl (C=O) groups is 1. The van der Waals surface area contributed by atoms with Gasteiger partial charge in [-0.25, -0.2) is 9.78 Å². The van der Waals surface area contributed by atoms with Crippen molar-refractivity contribution in [3.05, 3.63) is 70.8 Å². The van der Waals surface area contributed by atoms with E-state index in [0.29, 0.717) is 37.1 Å². The maximum absolute atomic E-state index is 14.5. The van der Waals surface area contributed by atoms with Crippen LogP contribution < -0.4 is 0 Å². The summed E-state index contributed by atoms with van der Waals surface area (Å²) in [7, 11) is 0. The van der Waals surface area contributed by atoms with Gasteiger partial charge in [0.2, 0.25) is 5.82 Å². The Morgan fingerprint density at radius 3 is 2.51 bits per heavy atom. The number of rotatable bonds is 8. The molecule has 0 fully saturated rings. The topological polar surface area (TPSA) is 110 Å². The Bertz CT molecular complexity index is 1510. The lowest BCUT2D eigenvalue weighted by Crippen LogP contribution is -2.36. The predicted octanol–water partition coefficient (Wildman–Crippen LogP) is 5.96. The minimum Gasteiger partial charge on any atom is -0.477 e. The van der Waals surface area contributed by atoms with Crippen LogP contribution in [0.25, 0.3) is 22.5 Å². The van der Waals surface area contributed by atoms with E-state index in [1.165, 1.54) is 0 Å². The third-order valence-corrected chi connectivity index (χ3v) is 6.92. The lowest BCUT2D eigenvalue weighted by Gasteiger charge is -2.21. The maximum atomic E-state index is 14.5. The number of benzene rings is 2. The van der Waals surface area contributed by atoms with Crippen LogP contribution in [0, 0.1) is 0 Å². The number of aromatic nitrogens is 6. The van der Waals surface area contributed by atoms with Gasteiger partial charge in [0.15, 0.2) is 11.4 Å². The summed E-state index contributed by atoms with van der Waals surface area (Å²) >= 11 is 0. The monoisotopic (exact) mass is 546 g/mol. The molecule has 0 spiro atoms. The molecule has 0 radical (unpaired) electrons. The molecule has 13 heteroatoms. The summed E-state index contributed by atoms with van der Waals surface area (Å²) in [6, 6.07) is 12.1. The Morgan fingerprint density at radius 1 is 1.13 bits per heavy atom. The summed E-state index contributed by atoms with van der Waals surface area (Å²) in [5.74, 6) is -7.01. The number of nitrogens with zero attached hydrogens (tertiary/aromatic N) is 5. The third-order valence-electron chi connectivity index (χ3n) is 6.92. The van der Waals surface area contributed by atoms with Crippen LogP contribution in [0.5, 0.6) is 0 Å². The molecule has 0 saturated heterocycles. The van der Waals surface area contributed by atoms with Gasteiger partial charge in [-0.15, -0.1) is 10.2 Å². The zero-order valence-electron chi connectivity index (χ0n) is 20.6. The van der Waals surface area contributed by atoms with Crippen molar-refractivity contribution in [2.24, 2.45) is 0 Å². The molecule has 2 aromatic heterocycles. The summed E-state index contributed by atoms with van der Waals surface area (Å²) in [6.07, 6.45) is -4.09. The van der Waals surface area contributed by atoms with Gasteiger partial charge in [-0.3, -0.25) is 0 Å². The van der Waals surface area contributed by atoms with Crippen molar-refractivity contribution < 1.29 is 31.9 Å². The van der Waals surface area contributed by atoms with Gasteiger partial charge in [0.05, 0.1) is 6.04 Å². The van der Waals surface area contributed by atoms with Gasteiger partial charge in [0.1, 0.15) is 5.82 Å². The molecule has 1 unspecified atom stereocenters. The van der Waals surface area contributed by atoms with Gasteiger partial charge in [-0.1, -0.05) is 55.8 Å². The number of H-pyrrole nitrogens is 1. The quantitative estimate of drug-likeness (QED) is 0.264. The van der Waals surface area contributed by atoms with E-state index in [9.17, 15) is 31.9 Å². The fraction of sp³-hybridized carbons (Fsp3) is 0.346. The number of nitrogens with one attached hydrogen (secondary N) is 1. The summed E-state index contributed by atoms with van der Waals surface area (Å²) < 4.78 is 70.0. The molecule has 2 heterocycles. The average Bonchev–Trinajstić information content (AvgIpc) is 3.65. The Balaban J connectivity index is 1.62. The second-order valence-electron chi connectivity index (χ2n) is 9.33. The number of aryl methyl sites for hydroxylation is 2. The normalized spacial score (nSPS) is 15.5. The molecule has 0 aliphatic heterocycles. The number of hydrogen-bond acceptors (Lipinski definition) is 5. The van der Waals surface area contributed by atoms with E-state index in [0.717, 1.165) is 26.8 Å². The van der Waals surface area contributed by atoms with Gasteiger partial charge in [0, 0.05) is 12.0 Å². The molecule has 0 bridgehead atoms. The molecular weight excluding hydrogens is 523 g/mol. The Hall–Kier alpha value is -4.16. The third kappa shape index (κ3) is 4.55. The summed E-state index contributed by atoms with van der Waals surface area (Å²) in [6.45, 7) is 1.83. The summed E-state index contributed by atoms with van der Waals surface area (Å²) in [5.41, 5.74) is 0.931. The number of aromatic amines is 1. The molecule has 1 aliphatic carbocycles. The van der Waals surface area contributed by atoms with Crippen LogP contribution >= 0.6 is 0 Å². The van der Waals surface area contributed by atoms with Gasteiger partial charge in [-0.2, -0.15) is 27.2 Å². The second kappa shape index (κ2) is 9.86. The molecule has 5 rings (SSSR count). The lowest BCUT2D eigenvalue weighted by molar-refractivity contribution is -0.291. The first-order valence-corrected chi connectivity index (χ1v) is 12.3.